The van der Waals surface area contributed by atoms with Crippen LogP contribution in [-0.4, -0.2) is 42.5 Å². The zero-order valence-corrected chi connectivity index (χ0v) is 10.7. The summed E-state index contributed by atoms with van der Waals surface area (Å²) in [6.07, 6.45) is 7.44. The van der Waals surface area contributed by atoms with Gasteiger partial charge in [-0.15, -0.1) is 0 Å². The third-order valence-corrected chi connectivity index (χ3v) is 5.10. The fourth-order valence-corrected chi connectivity index (χ4v) is 4.01. The molecule has 1 N–H and O–H groups in total. The van der Waals surface area contributed by atoms with Gasteiger partial charge in [-0.1, -0.05) is 6.42 Å². The largest absolute Gasteiger partial charge is 0.381 e. The van der Waals surface area contributed by atoms with Gasteiger partial charge >= 0.3 is 0 Å². The Morgan fingerprint density at radius 1 is 1.06 bits per heavy atom. The van der Waals surface area contributed by atoms with Crippen molar-refractivity contribution in [3.63, 3.8) is 0 Å². The van der Waals surface area contributed by atoms with E-state index in [0.29, 0.717) is 5.92 Å². The highest BCUT2D eigenvalue weighted by Crippen LogP contribution is 2.41. The molecule has 0 aromatic heterocycles. The second kappa shape index (κ2) is 5.25. The summed E-state index contributed by atoms with van der Waals surface area (Å²) in [4.78, 5) is 2.35. The van der Waals surface area contributed by atoms with E-state index in [0.717, 1.165) is 38.1 Å². The zero-order valence-electron chi connectivity index (χ0n) is 10.7. The number of rotatable bonds is 2. The van der Waals surface area contributed by atoms with Gasteiger partial charge in [0, 0.05) is 32.2 Å². The average Bonchev–Trinajstić information content (AvgIpc) is 2.83. The standard InChI is InChI=1S/C14H25NO2/c16-14-13-3-1-2-12(13)4-7-15(14)10-11-5-8-17-9-6-11/h11-14,16H,1-10H2. The number of piperidine rings is 1. The Morgan fingerprint density at radius 2 is 1.88 bits per heavy atom. The van der Waals surface area contributed by atoms with Gasteiger partial charge in [-0.3, -0.25) is 4.90 Å². The summed E-state index contributed by atoms with van der Waals surface area (Å²) in [5, 5.41) is 10.5. The molecule has 0 aromatic rings. The summed E-state index contributed by atoms with van der Waals surface area (Å²) < 4.78 is 5.40. The lowest BCUT2D eigenvalue weighted by molar-refractivity contribution is -0.0922. The van der Waals surface area contributed by atoms with Crippen molar-refractivity contribution in [2.24, 2.45) is 17.8 Å². The Balaban J connectivity index is 1.56. The molecule has 1 saturated carbocycles. The molecule has 98 valence electrons. The second-order valence-corrected chi connectivity index (χ2v) is 6.11. The Hall–Kier alpha value is -0.120. The zero-order chi connectivity index (χ0) is 11.7. The predicted octanol–water partition coefficient (Wildman–Crippen LogP) is 1.85. The maximum Gasteiger partial charge on any atom is 0.110 e. The maximum absolute atomic E-state index is 10.5. The molecule has 0 radical (unpaired) electrons. The lowest BCUT2D eigenvalue weighted by Crippen LogP contribution is -2.49. The number of hydrogen-bond donors (Lipinski definition) is 1. The van der Waals surface area contributed by atoms with Crippen molar-refractivity contribution in [3.05, 3.63) is 0 Å². The van der Waals surface area contributed by atoms with Gasteiger partial charge < -0.3 is 9.84 Å². The van der Waals surface area contributed by atoms with Crippen LogP contribution in [0.25, 0.3) is 0 Å². The van der Waals surface area contributed by atoms with E-state index in [1.54, 1.807) is 0 Å². The summed E-state index contributed by atoms with van der Waals surface area (Å²) in [6.45, 7) is 4.04. The molecule has 3 fully saturated rings. The maximum atomic E-state index is 10.5. The number of aliphatic hydroxyl groups is 1. The molecule has 3 unspecified atom stereocenters. The van der Waals surface area contributed by atoms with Gasteiger partial charge in [0.15, 0.2) is 0 Å². The summed E-state index contributed by atoms with van der Waals surface area (Å²) in [5.74, 6) is 2.14. The summed E-state index contributed by atoms with van der Waals surface area (Å²) >= 11 is 0. The molecular formula is C14H25NO2. The Kier molecular flexibility index (Phi) is 3.69. The highest BCUT2D eigenvalue weighted by atomic mass is 16.5. The van der Waals surface area contributed by atoms with E-state index >= 15 is 0 Å². The molecule has 2 heterocycles. The SMILES string of the molecule is OC1C2CCCC2CCN1CC1CCOCC1. The molecule has 2 aliphatic heterocycles. The molecule has 3 atom stereocenters. The van der Waals surface area contributed by atoms with Crippen LogP contribution in [0.4, 0.5) is 0 Å². The van der Waals surface area contributed by atoms with Gasteiger partial charge in [-0.2, -0.15) is 0 Å². The average molecular weight is 239 g/mol. The minimum atomic E-state index is -0.154. The van der Waals surface area contributed by atoms with Crippen molar-refractivity contribution < 1.29 is 9.84 Å². The van der Waals surface area contributed by atoms with Crippen LogP contribution in [0.2, 0.25) is 0 Å². The molecule has 0 spiro atoms. The molecule has 17 heavy (non-hydrogen) atoms. The fourth-order valence-electron chi connectivity index (χ4n) is 4.01. The summed E-state index contributed by atoms with van der Waals surface area (Å²) in [5.41, 5.74) is 0. The van der Waals surface area contributed by atoms with E-state index in [1.807, 2.05) is 0 Å². The van der Waals surface area contributed by atoms with Gasteiger partial charge in [0.2, 0.25) is 0 Å². The molecule has 1 aliphatic carbocycles. The minimum Gasteiger partial charge on any atom is -0.381 e. The third kappa shape index (κ3) is 2.51. The molecule has 0 amide bonds. The molecule has 3 nitrogen and oxygen atoms in total. The molecular weight excluding hydrogens is 214 g/mol. The number of hydrogen-bond acceptors (Lipinski definition) is 3. The smallest absolute Gasteiger partial charge is 0.110 e. The highest BCUT2D eigenvalue weighted by molar-refractivity contribution is 4.88. The summed E-state index contributed by atoms with van der Waals surface area (Å²) in [6, 6.07) is 0. The molecule has 0 bridgehead atoms. The minimum absolute atomic E-state index is 0.154. The van der Waals surface area contributed by atoms with Crippen molar-refractivity contribution in [1.82, 2.24) is 4.90 Å². The van der Waals surface area contributed by atoms with Crippen LogP contribution >= 0.6 is 0 Å². The number of ether oxygens (including phenoxy) is 1. The third-order valence-electron chi connectivity index (χ3n) is 5.10. The topological polar surface area (TPSA) is 32.7 Å². The van der Waals surface area contributed by atoms with Crippen molar-refractivity contribution in [3.8, 4) is 0 Å². The van der Waals surface area contributed by atoms with Gasteiger partial charge in [-0.25, -0.2) is 0 Å². The Labute approximate surface area is 104 Å². The molecule has 3 rings (SSSR count). The van der Waals surface area contributed by atoms with E-state index in [9.17, 15) is 5.11 Å². The van der Waals surface area contributed by atoms with Crippen molar-refractivity contribution in [2.75, 3.05) is 26.3 Å². The molecule has 3 aliphatic rings. The van der Waals surface area contributed by atoms with E-state index in [1.165, 1.54) is 38.5 Å². The Bertz CT molecular complexity index is 253. The predicted molar refractivity (Wildman–Crippen MR) is 66.6 cm³/mol. The quantitative estimate of drug-likeness (QED) is 0.798. The van der Waals surface area contributed by atoms with E-state index in [2.05, 4.69) is 4.90 Å². The van der Waals surface area contributed by atoms with Crippen LogP contribution in [0, 0.1) is 17.8 Å². The first-order chi connectivity index (χ1) is 8.34. The van der Waals surface area contributed by atoms with Crippen LogP contribution in [0.5, 0.6) is 0 Å². The molecule has 2 saturated heterocycles. The van der Waals surface area contributed by atoms with Crippen LogP contribution in [0.15, 0.2) is 0 Å². The Morgan fingerprint density at radius 3 is 2.71 bits per heavy atom. The number of nitrogens with zero attached hydrogens (tertiary/aromatic N) is 1. The van der Waals surface area contributed by atoms with Crippen LogP contribution in [0.1, 0.15) is 38.5 Å². The summed E-state index contributed by atoms with van der Waals surface area (Å²) in [7, 11) is 0. The van der Waals surface area contributed by atoms with Crippen LogP contribution in [-0.2, 0) is 4.74 Å². The van der Waals surface area contributed by atoms with Crippen molar-refractivity contribution in [1.29, 1.82) is 0 Å². The second-order valence-electron chi connectivity index (χ2n) is 6.11. The highest BCUT2D eigenvalue weighted by Gasteiger charge is 2.40. The monoisotopic (exact) mass is 239 g/mol. The number of fused-ring (bicyclic) bond motifs is 1. The van der Waals surface area contributed by atoms with E-state index < -0.39 is 0 Å². The number of likely N-dealkylation sites (tertiary alicyclic amines) is 1. The van der Waals surface area contributed by atoms with Gasteiger partial charge in [0.05, 0.1) is 0 Å². The van der Waals surface area contributed by atoms with Crippen molar-refractivity contribution >= 4 is 0 Å². The van der Waals surface area contributed by atoms with Gasteiger partial charge in [0.1, 0.15) is 6.23 Å². The van der Waals surface area contributed by atoms with E-state index in [4.69, 9.17) is 4.74 Å². The van der Waals surface area contributed by atoms with Gasteiger partial charge in [0.25, 0.3) is 0 Å². The first-order valence-electron chi connectivity index (χ1n) is 7.34. The van der Waals surface area contributed by atoms with Crippen LogP contribution in [0.3, 0.4) is 0 Å². The lowest BCUT2D eigenvalue weighted by Gasteiger charge is -2.42. The first-order valence-corrected chi connectivity index (χ1v) is 7.34. The lowest BCUT2D eigenvalue weighted by atomic mass is 9.86. The van der Waals surface area contributed by atoms with Gasteiger partial charge in [-0.05, 0) is 43.9 Å². The normalized spacial score (nSPS) is 40.4. The first kappa shape index (κ1) is 11.9. The van der Waals surface area contributed by atoms with Crippen molar-refractivity contribution in [2.45, 2.75) is 44.8 Å². The molecule has 0 aromatic carbocycles. The number of aliphatic hydroxyl groups excluding tert-OH is 1. The molecule has 3 heteroatoms. The van der Waals surface area contributed by atoms with Crippen LogP contribution < -0.4 is 0 Å². The van der Waals surface area contributed by atoms with E-state index in [-0.39, 0.29) is 6.23 Å². The fraction of sp³-hybridized carbons (Fsp3) is 1.00.